The lowest BCUT2D eigenvalue weighted by molar-refractivity contribution is 1.10. The van der Waals surface area contributed by atoms with Crippen molar-refractivity contribution in [2.45, 2.75) is 19.1 Å². The molecule has 1 aromatic rings. The van der Waals surface area contributed by atoms with Gasteiger partial charge in [0.2, 0.25) is 0 Å². The zero-order valence-corrected chi connectivity index (χ0v) is 9.92. The number of nitriles is 1. The first-order chi connectivity index (χ1) is 7.29. The molecule has 0 heterocycles. The summed E-state index contributed by atoms with van der Waals surface area (Å²) < 4.78 is 0. The van der Waals surface area contributed by atoms with Gasteiger partial charge in [0.1, 0.15) is 0 Å². The van der Waals surface area contributed by atoms with Gasteiger partial charge in [0.15, 0.2) is 0 Å². The van der Waals surface area contributed by atoms with Crippen LogP contribution >= 0.6 is 11.8 Å². The number of hydrogen-bond donors (Lipinski definition) is 0. The van der Waals surface area contributed by atoms with Crippen LogP contribution in [0, 0.1) is 11.3 Å². The van der Waals surface area contributed by atoms with E-state index < -0.39 is 0 Å². The SMILES string of the molecule is C/C=C(\C)C(SCC#N)c1ccccc1. The van der Waals surface area contributed by atoms with Gasteiger partial charge in [-0.15, -0.1) is 11.8 Å². The molecule has 0 aliphatic heterocycles. The summed E-state index contributed by atoms with van der Waals surface area (Å²) in [5.74, 6) is 0.532. The summed E-state index contributed by atoms with van der Waals surface area (Å²) in [6, 6.07) is 12.5. The van der Waals surface area contributed by atoms with E-state index in [-0.39, 0.29) is 0 Å². The van der Waals surface area contributed by atoms with Crippen LogP contribution < -0.4 is 0 Å². The molecule has 0 saturated heterocycles. The molecule has 0 amide bonds. The van der Waals surface area contributed by atoms with Gasteiger partial charge in [-0.05, 0) is 19.4 Å². The van der Waals surface area contributed by atoms with Gasteiger partial charge in [-0.2, -0.15) is 5.26 Å². The first kappa shape index (κ1) is 11.9. The van der Waals surface area contributed by atoms with Gasteiger partial charge in [-0.3, -0.25) is 0 Å². The zero-order valence-electron chi connectivity index (χ0n) is 9.10. The molecular formula is C13H15NS. The number of hydrogen-bond acceptors (Lipinski definition) is 2. The summed E-state index contributed by atoms with van der Waals surface area (Å²) in [6.45, 7) is 4.15. The van der Waals surface area contributed by atoms with Crippen molar-refractivity contribution in [3.63, 3.8) is 0 Å². The molecule has 0 radical (unpaired) electrons. The van der Waals surface area contributed by atoms with Crippen LogP contribution in [0.4, 0.5) is 0 Å². The van der Waals surface area contributed by atoms with E-state index in [4.69, 9.17) is 5.26 Å². The summed E-state index contributed by atoms with van der Waals surface area (Å²) in [5, 5.41) is 8.94. The fourth-order valence-electron chi connectivity index (χ4n) is 1.39. The number of benzene rings is 1. The average molecular weight is 217 g/mol. The van der Waals surface area contributed by atoms with Gasteiger partial charge >= 0.3 is 0 Å². The predicted octanol–water partition coefficient (Wildman–Crippen LogP) is 3.95. The Kier molecular flexibility index (Phi) is 5.00. The van der Waals surface area contributed by atoms with Gasteiger partial charge in [-0.25, -0.2) is 0 Å². The molecule has 0 bridgehead atoms. The first-order valence-electron chi connectivity index (χ1n) is 4.96. The lowest BCUT2D eigenvalue weighted by atomic mass is 10.1. The minimum absolute atomic E-state index is 0.316. The third-order valence-electron chi connectivity index (χ3n) is 2.29. The van der Waals surface area contributed by atoms with E-state index in [0.717, 1.165) is 0 Å². The van der Waals surface area contributed by atoms with Crippen LogP contribution in [0.1, 0.15) is 24.7 Å². The standard InChI is InChI=1S/C13H15NS/c1-3-11(2)13(15-10-9-14)12-7-5-4-6-8-12/h3-8,13H,10H2,1-2H3/b11-3+. The zero-order chi connectivity index (χ0) is 11.1. The maximum Gasteiger partial charge on any atom is 0.0817 e. The molecule has 1 nitrogen and oxygen atoms in total. The molecule has 0 spiro atoms. The second-order valence-electron chi connectivity index (χ2n) is 3.29. The number of rotatable bonds is 4. The Morgan fingerprint density at radius 1 is 1.47 bits per heavy atom. The van der Waals surface area contributed by atoms with Crippen molar-refractivity contribution < 1.29 is 0 Å². The molecule has 1 rings (SSSR count). The largest absolute Gasteiger partial charge is 0.197 e. The molecule has 78 valence electrons. The van der Waals surface area contributed by atoms with E-state index in [1.165, 1.54) is 11.1 Å². The molecule has 0 aliphatic rings. The summed E-state index contributed by atoms with van der Waals surface area (Å²) >= 11 is 1.68. The molecular weight excluding hydrogens is 202 g/mol. The summed E-state index contributed by atoms with van der Waals surface area (Å²) in [6.07, 6.45) is 2.11. The highest BCUT2D eigenvalue weighted by Crippen LogP contribution is 2.34. The van der Waals surface area contributed by atoms with Crippen LogP contribution in [-0.2, 0) is 0 Å². The topological polar surface area (TPSA) is 23.8 Å². The molecule has 15 heavy (non-hydrogen) atoms. The average Bonchev–Trinajstić information content (AvgIpc) is 2.30. The van der Waals surface area contributed by atoms with Crippen molar-refractivity contribution in [3.05, 3.63) is 47.5 Å². The first-order valence-corrected chi connectivity index (χ1v) is 6.00. The second kappa shape index (κ2) is 6.31. The van der Waals surface area contributed by atoms with Crippen molar-refractivity contribution in [1.29, 1.82) is 5.26 Å². The van der Waals surface area contributed by atoms with E-state index in [1.807, 2.05) is 25.1 Å². The van der Waals surface area contributed by atoms with E-state index in [0.29, 0.717) is 11.0 Å². The molecule has 0 N–H and O–H groups in total. The Labute approximate surface area is 95.8 Å². The Morgan fingerprint density at radius 3 is 2.67 bits per heavy atom. The molecule has 0 fully saturated rings. The van der Waals surface area contributed by atoms with Crippen LogP contribution in [0.2, 0.25) is 0 Å². The van der Waals surface area contributed by atoms with E-state index in [1.54, 1.807) is 11.8 Å². The predicted molar refractivity (Wildman–Crippen MR) is 66.7 cm³/mol. The van der Waals surface area contributed by atoms with Crippen molar-refractivity contribution in [3.8, 4) is 6.07 Å². The number of allylic oxidation sites excluding steroid dienone is 1. The second-order valence-corrected chi connectivity index (χ2v) is 4.39. The highest BCUT2D eigenvalue weighted by Gasteiger charge is 2.12. The molecule has 1 atom stereocenters. The third kappa shape index (κ3) is 3.45. The van der Waals surface area contributed by atoms with Crippen molar-refractivity contribution >= 4 is 11.8 Å². The lowest BCUT2D eigenvalue weighted by Crippen LogP contribution is -1.96. The van der Waals surface area contributed by atoms with Gasteiger partial charge in [-0.1, -0.05) is 42.0 Å². The molecule has 1 unspecified atom stereocenters. The smallest absolute Gasteiger partial charge is 0.0817 e. The summed E-state index contributed by atoms with van der Waals surface area (Å²) in [5.41, 5.74) is 2.58. The summed E-state index contributed by atoms with van der Waals surface area (Å²) in [4.78, 5) is 0. The molecule has 0 saturated carbocycles. The Bertz CT molecular complexity index is 362. The molecule has 0 aromatic heterocycles. The minimum Gasteiger partial charge on any atom is -0.197 e. The third-order valence-corrected chi connectivity index (χ3v) is 3.56. The number of thioether (sulfide) groups is 1. The van der Waals surface area contributed by atoms with E-state index in [9.17, 15) is 0 Å². The molecule has 1 aromatic carbocycles. The Balaban J connectivity index is 2.87. The highest BCUT2D eigenvalue weighted by atomic mass is 32.2. The Morgan fingerprint density at radius 2 is 2.13 bits per heavy atom. The quantitative estimate of drug-likeness (QED) is 0.713. The summed E-state index contributed by atoms with van der Waals surface area (Å²) in [7, 11) is 0. The monoisotopic (exact) mass is 217 g/mol. The maximum atomic E-state index is 8.63. The van der Waals surface area contributed by atoms with E-state index >= 15 is 0 Å². The van der Waals surface area contributed by atoms with Gasteiger partial charge in [0.25, 0.3) is 0 Å². The van der Waals surface area contributed by atoms with Crippen LogP contribution in [-0.4, -0.2) is 5.75 Å². The van der Waals surface area contributed by atoms with Gasteiger partial charge in [0, 0.05) is 0 Å². The van der Waals surface area contributed by atoms with E-state index in [2.05, 4.69) is 31.2 Å². The van der Waals surface area contributed by atoms with Crippen LogP contribution in [0.15, 0.2) is 42.0 Å². The highest BCUT2D eigenvalue weighted by molar-refractivity contribution is 7.99. The van der Waals surface area contributed by atoms with Crippen molar-refractivity contribution in [2.75, 3.05) is 5.75 Å². The molecule has 0 aliphatic carbocycles. The maximum absolute atomic E-state index is 8.63. The minimum atomic E-state index is 0.316. The number of nitrogens with zero attached hydrogens (tertiary/aromatic N) is 1. The fourth-order valence-corrected chi connectivity index (χ4v) is 2.38. The van der Waals surface area contributed by atoms with Crippen LogP contribution in [0.5, 0.6) is 0 Å². The lowest BCUT2D eigenvalue weighted by Gasteiger charge is -2.16. The fraction of sp³-hybridized carbons (Fsp3) is 0.308. The van der Waals surface area contributed by atoms with Gasteiger partial charge in [0.05, 0.1) is 17.1 Å². The van der Waals surface area contributed by atoms with Crippen molar-refractivity contribution in [2.24, 2.45) is 0 Å². The van der Waals surface area contributed by atoms with Gasteiger partial charge < -0.3 is 0 Å². The Hall–Kier alpha value is -1.20. The normalized spacial score (nSPS) is 13.3. The van der Waals surface area contributed by atoms with Crippen molar-refractivity contribution in [1.82, 2.24) is 0 Å². The van der Waals surface area contributed by atoms with Crippen LogP contribution in [0.3, 0.4) is 0 Å². The van der Waals surface area contributed by atoms with Crippen LogP contribution in [0.25, 0.3) is 0 Å². The molecule has 2 heteroatoms.